The van der Waals surface area contributed by atoms with Crippen molar-refractivity contribution in [2.75, 3.05) is 12.4 Å². The summed E-state index contributed by atoms with van der Waals surface area (Å²) in [5, 5.41) is 2.62. The molecule has 3 aromatic heterocycles. The second kappa shape index (κ2) is 9.34. The molecule has 1 N–H and O–H groups in total. The van der Waals surface area contributed by atoms with E-state index in [9.17, 15) is 22.4 Å². The predicted molar refractivity (Wildman–Crippen MR) is 128 cm³/mol. The first kappa shape index (κ1) is 23.9. The molecule has 0 unspecified atom stereocenters. The van der Waals surface area contributed by atoms with Crippen LogP contribution in [0.25, 0.3) is 28.3 Å². The number of halogens is 4. The molecule has 37 heavy (non-hydrogen) atoms. The van der Waals surface area contributed by atoms with Crippen LogP contribution in [-0.2, 0) is 6.18 Å². The van der Waals surface area contributed by atoms with E-state index in [2.05, 4.69) is 20.3 Å². The van der Waals surface area contributed by atoms with Gasteiger partial charge < -0.3 is 10.1 Å². The molecule has 0 aliphatic heterocycles. The lowest BCUT2D eigenvalue weighted by Gasteiger charge is -2.15. The van der Waals surface area contributed by atoms with Gasteiger partial charge >= 0.3 is 6.18 Å². The largest absolute Gasteiger partial charge is 0.497 e. The van der Waals surface area contributed by atoms with Crippen LogP contribution in [0, 0.1) is 5.82 Å². The maximum atomic E-state index is 15.0. The number of nitrogens with one attached hydrogen (secondary N) is 1. The first-order chi connectivity index (χ1) is 17.8. The van der Waals surface area contributed by atoms with Crippen LogP contribution in [0.3, 0.4) is 0 Å². The summed E-state index contributed by atoms with van der Waals surface area (Å²) >= 11 is 0. The highest BCUT2D eigenvalue weighted by Crippen LogP contribution is 2.38. The molecule has 0 atom stereocenters. The number of rotatable bonds is 5. The van der Waals surface area contributed by atoms with E-state index in [1.807, 2.05) is 6.07 Å². The fraction of sp³-hybridized carbons (Fsp3) is 0.0769. The Morgan fingerprint density at radius 2 is 1.73 bits per heavy atom. The minimum absolute atomic E-state index is 0.200. The van der Waals surface area contributed by atoms with E-state index >= 15 is 0 Å². The zero-order chi connectivity index (χ0) is 26.2. The van der Waals surface area contributed by atoms with E-state index in [4.69, 9.17) is 4.74 Å². The van der Waals surface area contributed by atoms with Crippen LogP contribution in [0.1, 0.15) is 15.9 Å². The Morgan fingerprint density at radius 3 is 2.41 bits per heavy atom. The molecule has 0 radical (unpaired) electrons. The Hall–Kier alpha value is -4.80. The number of methoxy groups -OCH3 is 1. The number of carbonyl (C=O) groups excluding carboxylic acids is 1. The number of pyridine rings is 1. The molecular weight excluding hydrogens is 490 g/mol. The number of anilines is 1. The van der Waals surface area contributed by atoms with E-state index in [0.717, 1.165) is 6.07 Å². The molecule has 186 valence electrons. The molecular formula is C26H17F4N5O2. The number of fused-ring (bicyclic) bond motifs is 1. The second-order valence-corrected chi connectivity index (χ2v) is 7.87. The van der Waals surface area contributed by atoms with Gasteiger partial charge in [0.2, 0.25) is 0 Å². The monoisotopic (exact) mass is 507 g/mol. The highest BCUT2D eigenvalue weighted by atomic mass is 19.4. The minimum atomic E-state index is -4.90. The Labute approximate surface area is 207 Å². The summed E-state index contributed by atoms with van der Waals surface area (Å²) in [6.07, 6.45) is -0.782. The van der Waals surface area contributed by atoms with E-state index in [1.54, 1.807) is 47.0 Å². The summed E-state index contributed by atoms with van der Waals surface area (Å²) < 4.78 is 62.8. The topological polar surface area (TPSA) is 81.4 Å². The number of alkyl halides is 3. The van der Waals surface area contributed by atoms with Gasteiger partial charge in [-0.15, -0.1) is 0 Å². The van der Waals surface area contributed by atoms with Crippen molar-refractivity contribution >= 4 is 17.4 Å². The van der Waals surface area contributed by atoms with Gasteiger partial charge in [0.15, 0.2) is 5.82 Å². The normalized spacial score (nSPS) is 11.5. The third-order valence-electron chi connectivity index (χ3n) is 5.58. The standard InChI is InChI=1S/C26H17F4N5O2/c1-37-16-8-11-35-21(12-16)33-22(15-6-3-2-4-7-15)24(35)34-25(36)18-13-17(23-31-9-5-10-32-23)19(14-20(18)27)26(28,29)30/h2-14H,1H3,(H,34,36). The van der Waals surface area contributed by atoms with Crippen LogP contribution in [0.5, 0.6) is 5.75 Å². The van der Waals surface area contributed by atoms with Gasteiger partial charge in [-0.2, -0.15) is 13.2 Å². The van der Waals surface area contributed by atoms with Crippen molar-refractivity contribution < 1.29 is 27.1 Å². The summed E-state index contributed by atoms with van der Waals surface area (Å²) in [5.41, 5.74) is -0.962. The molecule has 0 aliphatic rings. The third kappa shape index (κ3) is 4.58. The Morgan fingerprint density at radius 1 is 1.00 bits per heavy atom. The molecule has 0 aliphatic carbocycles. The van der Waals surface area contributed by atoms with Crippen molar-refractivity contribution in [3.63, 3.8) is 0 Å². The molecule has 2 aromatic carbocycles. The molecule has 11 heteroatoms. The van der Waals surface area contributed by atoms with E-state index in [1.165, 1.54) is 25.6 Å². The van der Waals surface area contributed by atoms with Crippen LogP contribution in [0.4, 0.5) is 23.4 Å². The van der Waals surface area contributed by atoms with Crippen LogP contribution >= 0.6 is 0 Å². The SMILES string of the molecule is COc1ccn2c(NC(=O)c3cc(-c4ncccn4)c(C(F)(F)F)cc3F)c(-c3ccccc3)nc2c1. The Bertz CT molecular complexity index is 1600. The number of carbonyl (C=O) groups is 1. The maximum Gasteiger partial charge on any atom is 0.417 e. The van der Waals surface area contributed by atoms with E-state index in [-0.39, 0.29) is 17.7 Å². The van der Waals surface area contributed by atoms with Crippen molar-refractivity contribution in [1.82, 2.24) is 19.4 Å². The lowest BCUT2D eigenvalue weighted by molar-refractivity contribution is -0.137. The summed E-state index contributed by atoms with van der Waals surface area (Å²) in [7, 11) is 1.50. The lowest BCUT2D eigenvalue weighted by Crippen LogP contribution is -2.18. The number of aromatic nitrogens is 4. The lowest BCUT2D eigenvalue weighted by atomic mass is 10.0. The first-order valence-corrected chi connectivity index (χ1v) is 10.9. The van der Waals surface area contributed by atoms with Crippen molar-refractivity contribution in [3.8, 4) is 28.4 Å². The number of amides is 1. The summed E-state index contributed by atoms with van der Waals surface area (Å²) in [5.74, 6) is -1.89. The van der Waals surface area contributed by atoms with Gasteiger partial charge in [-0.3, -0.25) is 9.20 Å². The molecule has 0 bridgehead atoms. The number of imidazole rings is 1. The summed E-state index contributed by atoms with van der Waals surface area (Å²) in [4.78, 5) is 25.6. The van der Waals surface area contributed by atoms with Crippen LogP contribution in [0.2, 0.25) is 0 Å². The van der Waals surface area contributed by atoms with Gasteiger partial charge in [0.1, 0.15) is 28.7 Å². The van der Waals surface area contributed by atoms with E-state index in [0.29, 0.717) is 22.7 Å². The zero-order valence-electron chi connectivity index (χ0n) is 19.1. The third-order valence-corrected chi connectivity index (χ3v) is 5.58. The van der Waals surface area contributed by atoms with Gasteiger partial charge in [0, 0.05) is 35.8 Å². The van der Waals surface area contributed by atoms with Gasteiger partial charge in [0.25, 0.3) is 5.91 Å². The van der Waals surface area contributed by atoms with Crippen LogP contribution < -0.4 is 10.1 Å². The molecule has 5 aromatic rings. The van der Waals surface area contributed by atoms with E-state index < -0.39 is 34.6 Å². The second-order valence-electron chi connectivity index (χ2n) is 7.87. The fourth-order valence-electron chi connectivity index (χ4n) is 3.85. The number of ether oxygens (including phenoxy) is 1. The first-order valence-electron chi connectivity index (χ1n) is 10.9. The van der Waals surface area contributed by atoms with Crippen LogP contribution in [0.15, 0.2) is 79.3 Å². The Balaban J connectivity index is 1.63. The molecule has 0 fully saturated rings. The number of hydrogen-bond donors (Lipinski definition) is 1. The predicted octanol–water partition coefficient (Wildman–Crippen LogP) is 5.88. The van der Waals surface area contributed by atoms with Crippen molar-refractivity contribution in [1.29, 1.82) is 0 Å². The number of benzene rings is 2. The zero-order valence-corrected chi connectivity index (χ0v) is 19.1. The highest BCUT2D eigenvalue weighted by Gasteiger charge is 2.36. The quantitative estimate of drug-likeness (QED) is 0.301. The average Bonchev–Trinajstić information content (AvgIpc) is 3.26. The van der Waals surface area contributed by atoms with Crippen LogP contribution in [-0.4, -0.2) is 32.4 Å². The van der Waals surface area contributed by atoms with Gasteiger partial charge in [-0.1, -0.05) is 30.3 Å². The molecule has 0 saturated heterocycles. The number of hydrogen-bond acceptors (Lipinski definition) is 5. The molecule has 5 rings (SSSR count). The molecule has 0 spiro atoms. The van der Waals surface area contributed by atoms with Gasteiger partial charge in [-0.25, -0.2) is 19.3 Å². The molecule has 1 amide bonds. The van der Waals surface area contributed by atoms with Gasteiger partial charge in [0.05, 0.1) is 18.2 Å². The average molecular weight is 507 g/mol. The maximum absolute atomic E-state index is 15.0. The Kier molecular flexibility index (Phi) is 6.04. The van der Waals surface area contributed by atoms with Crippen molar-refractivity contribution in [2.24, 2.45) is 0 Å². The minimum Gasteiger partial charge on any atom is -0.497 e. The number of nitrogens with zero attached hydrogens (tertiary/aromatic N) is 4. The smallest absolute Gasteiger partial charge is 0.417 e. The van der Waals surface area contributed by atoms with Crippen molar-refractivity contribution in [3.05, 3.63) is 96.2 Å². The molecule has 0 saturated carbocycles. The highest BCUT2D eigenvalue weighted by molar-refractivity contribution is 6.06. The summed E-state index contributed by atoms with van der Waals surface area (Å²) in [6, 6.07) is 14.7. The summed E-state index contributed by atoms with van der Waals surface area (Å²) in [6.45, 7) is 0. The molecule has 3 heterocycles. The fourth-order valence-corrected chi connectivity index (χ4v) is 3.85. The van der Waals surface area contributed by atoms with Crippen molar-refractivity contribution in [2.45, 2.75) is 6.18 Å². The molecule has 7 nitrogen and oxygen atoms in total. The van der Waals surface area contributed by atoms with Gasteiger partial charge in [-0.05, 0) is 24.3 Å².